The molecule has 0 fully saturated rings. The molecule has 2 rings (SSSR count). The second kappa shape index (κ2) is 6.21. The Balaban J connectivity index is 2.37. The largest absolute Gasteiger partial charge is 0.285 e. The molecular weight excluding hydrogens is 472 g/mol. The fourth-order valence-electron chi connectivity index (χ4n) is 1.38. The summed E-state index contributed by atoms with van der Waals surface area (Å²) in [6.07, 6.45) is 0. The summed E-state index contributed by atoms with van der Waals surface area (Å²) in [5, 5.41) is 11.1. The second-order valence-corrected chi connectivity index (χ2v) is 9.26. The number of hydrogen-bond acceptors (Lipinski definition) is 5. The third-order valence-corrected chi connectivity index (χ3v) is 7.28. The van der Waals surface area contributed by atoms with Gasteiger partial charge in [0.1, 0.15) is 4.21 Å². The van der Waals surface area contributed by atoms with Crippen molar-refractivity contribution < 1.29 is 13.3 Å². The van der Waals surface area contributed by atoms with Crippen molar-refractivity contribution in [3.05, 3.63) is 47.7 Å². The minimum absolute atomic E-state index is 0.00458. The highest BCUT2D eigenvalue weighted by Gasteiger charge is 2.21. The first-order valence-corrected chi connectivity index (χ1v) is 9.38. The predicted octanol–water partition coefficient (Wildman–Crippen LogP) is 4.64. The van der Waals surface area contributed by atoms with Crippen LogP contribution in [-0.2, 0) is 10.0 Å². The van der Waals surface area contributed by atoms with E-state index in [0.29, 0.717) is 3.79 Å². The minimum Gasteiger partial charge on any atom is -0.279 e. The molecule has 6 nitrogen and oxygen atoms in total. The van der Waals surface area contributed by atoms with Crippen LogP contribution >= 0.6 is 54.8 Å². The summed E-state index contributed by atoms with van der Waals surface area (Å²) >= 11 is 12.9. The third-order valence-electron chi connectivity index (χ3n) is 2.28. The first-order valence-electron chi connectivity index (χ1n) is 5.12. The Labute approximate surface area is 145 Å². The summed E-state index contributed by atoms with van der Waals surface area (Å²) in [6, 6.07) is 5.24. The molecule has 2 aromatic rings. The number of halogens is 3. The lowest BCUT2D eigenvalue weighted by molar-refractivity contribution is -0.385. The van der Waals surface area contributed by atoms with Gasteiger partial charge in [-0.15, -0.1) is 11.3 Å². The van der Waals surface area contributed by atoms with E-state index in [1.54, 1.807) is 0 Å². The molecule has 1 aromatic heterocycles. The van der Waals surface area contributed by atoms with Crippen molar-refractivity contribution in [1.82, 2.24) is 0 Å². The van der Waals surface area contributed by atoms with Gasteiger partial charge in [-0.25, -0.2) is 8.42 Å². The molecule has 112 valence electrons. The highest BCUT2D eigenvalue weighted by atomic mass is 79.9. The number of anilines is 1. The van der Waals surface area contributed by atoms with E-state index in [9.17, 15) is 18.5 Å². The number of thiophene rings is 1. The van der Waals surface area contributed by atoms with E-state index in [1.807, 2.05) is 0 Å². The summed E-state index contributed by atoms with van der Waals surface area (Å²) < 4.78 is 27.4. The number of nitro benzene ring substituents is 1. The highest BCUT2D eigenvalue weighted by molar-refractivity contribution is 9.11. The van der Waals surface area contributed by atoms with Crippen LogP contribution in [0.5, 0.6) is 0 Å². The van der Waals surface area contributed by atoms with E-state index >= 15 is 0 Å². The maximum absolute atomic E-state index is 12.2. The van der Waals surface area contributed by atoms with Crippen LogP contribution in [0, 0.1) is 10.1 Å². The van der Waals surface area contributed by atoms with Gasteiger partial charge in [0.25, 0.3) is 15.7 Å². The number of sulfonamides is 1. The molecule has 0 saturated heterocycles. The molecular formula is C10H5Br2ClN2O4S2. The van der Waals surface area contributed by atoms with Crippen LogP contribution in [0.2, 0.25) is 5.02 Å². The van der Waals surface area contributed by atoms with Crippen LogP contribution < -0.4 is 4.72 Å². The number of nitro groups is 1. The van der Waals surface area contributed by atoms with Crippen LogP contribution in [-0.4, -0.2) is 13.3 Å². The average Bonchev–Trinajstić information content (AvgIpc) is 2.72. The Hall–Kier alpha value is -0.680. The number of nitrogens with one attached hydrogen (secondary N) is 1. The topological polar surface area (TPSA) is 89.3 Å². The third kappa shape index (κ3) is 3.75. The zero-order valence-corrected chi connectivity index (χ0v) is 15.4. The van der Waals surface area contributed by atoms with E-state index in [0.717, 1.165) is 17.4 Å². The zero-order valence-electron chi connectivity index (χ0n) is 9.84. The summed E-state index contributed by atoms with van der Waals surface area (Å²) in [5.74, 6) is 0. The summed E-state index contributed by atoms with van der Waals surface area (Å²) in [7, 11) is -3.85. The van der Waals surface area contributed by atoms with Gasteiger partial charge in [-0.2, -0.15) is 0 Å². The Morgan fingerprint density at radius 2 is 1.95 bits per heavy atom. The number of rotatable bonds is 4. The van der Waals surface area contributed by atoms with Gasteiger partial charge < -0.3 is 0 Å². The van der Waals surface area contributed by atoms with Gasteiger partial charge in [0.05, 0.1) is 23.9 Å². The normalized spacial score (nSPS) is 11.4. The highest BCUT2D eigenvalue weighted by Crippen LogP contribution is 2.36. The fraction of sp³-hybridized carbons (Fsp3) is 0. The quantitative estimate of drug-likeness (QED) is 0.514. The molecule has 1 N–H and O–H groups in total. The van der Waals surface area contributed by atoms with Gasteiger partial charge in [-0.1, -0.05) is 11.6 Å². The number of nitrogens with zero attached hydrogens (tertiary/aromatic N) is 1. The van der Waals surface area contributed by atoms with Gasteiger partial charge in [0.2, 0.25) is 0 Å². The Morgan fingerprint density at radius 3 is 2.48 bits per heavy atom. The van der Waals surface area contributed by atoms with Crippen LogP contribution in [0.1, 0.15) is 0 Å². The number of benzene rings is 1. The Bertz CT molecular complexity index is 803. The van der Waals surface area contributed by atoms with E-state index < -0.39 is 14.9 Å². The predicted molar refractivity (Wildman–Crippen MR) is 88.6 cm³/mol. The lowest BCUT2D eigenvalue weighted by atomic mass is 10.3. The van der Waals surface area contributed by atoms with Crippen LogP contribution in [0.3, 0.4) is 0 Å². The summed E-state index contributed by atoms with van der Waals surface area (Å²) in [6.45, 7) is 0. The van der Waals surface area contributed by atoms with Crippen molar-refractivity contribution in [2.45, 2.75) is 4.21 Å². The molecule has 0 amide bonds. The van der Waals surface area contributed by atoms with Gasteiger partial charge in [0, 0.05) is 6.07 Å². The molecule has 0 spiro atoms. The van der Waals surface area contributed by atoms with Crippen molar-refractivity contribution in [2.75, 3.05) is 4.72 Å². The molecule has 0 unspecified atom stereocenters. The molecule has 0 atom stereocenters. The standard InChI is InChI=1S/C10H5Br2ClN2O4S2/c11-6-2-1-5(3-8(6)15(16)17)14-21(18,19)9-4-7(13)10(12)20-9/h1-4,14H. The van der Waals surface area contributed by atoms with Crippen molar-refractivity contribution in [3.63, 3.8) is 0 Å². The van der Waals surface area contributed by atoms with Crippen LogP contribution in [0.25, 0.3) is 0 Å². The van der Waals surface area contributed by atoms with Crippen molar-refractivity contribution >= 4 is 76.2 Å². The molecule has 0 bridgehead atoms. The zero-order chi connectivity index (χ0) is 15.8. The van der Waals surface area contributed by atoms with Crippen molar-refractivity contribution in [2.24, 2.45) is 0 Å². The van der Waals surface area contributed by atoms with Crippen molar-refractivity contribution in [1.29, 1.82) is 0 Å². The monoisotopic (exact) mass is 474 g/mol. The number of hydrogen-bond donors (Lipinski definition) is 1. The average molecular weight is 477 g/mol. The fourth-order valence-corrected chi connectivity index (χ4v) is 5.22. The molecule has 21 heavy (non-hydrogen) atoms. The van der Waals surface area contributed by atoms with E-state index in [2.05, 4.69) is 36.6 Å². The van der Waals surface area contributed by atoms with E-state index in [1.165, 1.54) is 18.2 Å². The molecule has 0 saturated carbocycles. The Kier molecular flexibility index (Phi) is 4.93. The molecule has 0 aliphatic heterocycles. The molecule has 1 aromatic carbocycles. The lowest BCUT2D eigenvalue weighted by Gasteiger charge is -2.06. The van der Waals surface area contributed by atoms with Gasteiger partial charge in [0.15, 0.2) is 0 Å². The smallest absolute Gasteiger partial charge is 0.279 e. The molecule has 1 heterocycles. The molecule has 11 heteroatoms. The Morgan fingerprint density at radius 1 is 1.29 bits per heavy atom. The summed E-state index contributed by atoms with van der Waals surface area (Å²) in [4.78, 5) is 10.2. The lowest BCUT2D eigenvalue weighted by Crippen LogP contribution is -2.11. The first kappa shape index (κ1) is 16.7. The second-order valence-electron chi connectivity index (χ2n) is 3.72. The molecule has 0 radical (unpaired) electrons. The van der Waals surface area contributed by atoms with Gasteiger partial charge in [-0.3, -0.25) is 14.8 Å². The van der Waals surface area contributed by atoms with E-state index in [4.69, 9.17) is 11.6 Å². The molecule has 0 aliphatic carbocycles. The maximum Gasteiger partial charge on any atom is 0.285 e. The summed E-state index contributed by atoms with van der Waals surface area (Å²) in [5.41, 5.74) is -0.147. The van der Waals surface area contributed by atoms with Crippen LogP contribution in [0.4, 0.5) is 11.4 Å². The molecule has 0 aliphatic rings. The van der Waals surface area contributed by atoms with Crippen LogP contribution in [0.15, 0.2) is 36.7 Å². The maximum atomic E-state index is 12.2. The van der Waals surface area contributed by atoms with Gasteiger partial charge >= 0.3 is 0 Å². The van der Waals surface area contributed by atoms with E-state index in [-0.39, 0.29) is 25.1 Å². The SMILES string of the molecule is O=[N+]([O-])c1cc(NS(=O)(=O)c2cc(Cl)c(Br)s2)ccc1Br. The minimum atomic E-state index is -3.85. The first-order chi connectivity index (χ1) is 9.70. The van der Waals surface area contributed by atoms with Crippen molar-refractivity contribution in [3.8, 4) is 0 Å². The van der Waals surface area contributed by atoms with Gasteiger partial charge in [-0.05, 0) is 50.1 Å².